The van der Waals surface area contributed by atoms with Gasteiger partial charge in [-0.25, -0.2) is 0 Å². The van der Waals surface area contributed by atoms with Crippen molar-refractivity contribution >= 4 is 11.5 Å². The van der Waals surface area contributed by atoms with Crippen molar-refractivity contribution in [3.05, 3.63) is 42.1 Å². The van der Waals surface area contributed by atoms with Crippen molar-refractivity contribution in [1.29, 1.82) is 0 Å². The number of hydrogen-bond donors (Lipinski definition) is 1. The number of nitrogen functional groups attached to an aromatic ring is 1. The minimum Gasteiger partial charge on any atom is -0.367 e. The van der Waals surface area contributed by atoms with Gasteiger partial charge in [-0.2, -0.15) is 0 Å². The summed E-state index contributed by atoms with van der Waals surface area (Å²) in [7, 11) is 0. The zero-order valence-electron chi connectivity index (χ0n) is 8.45. The Kier molecular flexibility index (Phi) is 3.29. The molecule has 0 bridgehead atoms. The van der Waals surface area contributed by atoms with Gasteiger partial charge in [0.1, 0.15) is 5.69 Å². The summed E-state index contributed by atoms with van der Waals surface area (Å²) in [5, 5.41) is 3.82. The van der Waals surface area contributed by atoms with E-state index in [1.165, 1.54) is 0 Å². The van der Waals surface area contributed by atoms with Crippen LogP contribution < -0.4 is 5.73 Å². The van der Waals surface area contributed by atoms with Crippen LogP contribution in [-0.2, 0) is 0 Å². The first-order valence-corrected chi connectivity index (χ1v) is 4.37. The Labute approximate surface area is 83.6 Å². The molecule has 3 heteroatoms. The van der Waals surface area contributed by atoms with Crippen LogP contribution in [0.25, 0.3) is 5.57 Å². The molecular weight excluding hydrogens is 176 g/mol. The molecule has 0 aliphatic carbocycles. The fraction of sp³-hybridized carbons (Fsp3) is 0.182. The van der Waals surface area contributed by atoms with E-state index < -0.39 is 0 Å². The van der Waals surface area contributed by atoms with E-state index in [0.29, 0.717) is 11.6 Å². The minimum absolute atomic E-state index is 0.348. The van der Waals surface area contributed by atoms with Crippen molar-refractivity contribution < 1.29 is 4.52 Å². The van der Waals surface area contributed by atoms with Gasteiger partial charge in [-0.1, -0.05) is 36.0 Å². The fourth-order valence-corrected chi connectivity index (χ4v) is 1.01. The maximum atomic E-state index is 5.52. The topological polar surface area (TPSA) is 52.0 Å². The molecule has 0 fully saturated rings. The predicted molar refractivity (Wildman–Crippen MR) is 58.6 cm³/mol. The first-order valence-electron chi connectivity index (χ1n) is 4.37. The van der Waals surface area contributed by atoms with Crippen LogP contribution in [-0.4, -0.2) is 5.16 Å². The minimum atomic E-state index is 0.348. The summed E-state index contributed by atoms with van der Waals surface area (Å²) in [5.41, 5.74) is 7.86. The maximum Gasteiger partial charge on any atom is 0.225 e. The van der Waals surface area contributed by atoms with Gasteiger partial charge in [-0.15, -0.1) is 0 Å². The summed E-state index contributed by atoms with van der Waals surface area (Å²) in [5.74, 6) is 0.348. The van der Waals surface area contributed by atoms with Gasteiger partial charge in [0.15, 0.2) is 0 Å². The van der Waals surface area contributed by atoms with Gasteiger partial charge in [0.05, 0.1) is 0 Å². The van der Waals surface area contributed by atoms with E-state index in [9.17, 15) is 0 Å². The molecule has 0 spiro atoms. The first kappa shape index (κ1) is 10.3. The Bertz CT molecular complexity index is 386. The zero-order valence-corrected chi connectivity index (χ0v) is 8.45. The molecule has 2 N–H and O–H groups in total. The lowest BCUT2D eigenvalue weighted by atomic mass is 10.1. The highest BCUT2D eigenvalue weighted by atomic mass is 16.5. The number of nitrogens with zero attached hydrogens (tertiary/aromatic N) is 1. The lowest BCUT2D eigenvalue weighted by Crippen LogP contribution is -1.86. The van der Waals surface area contributed by atoms with Crippen LogP contribution >= 0.6 is 0 Å². The zero-order chi connectivity index (χ0) is 10.6. The van der Waals surface area contributed by atoms with Gasteiger partial charge in [-0.05, 0) is 19.4 Å². The van der Waals surface area contributed by atoms with Crippen LogP contribution in [0.1, 0.15) is 18.2 Å². The molecule has 0 aliphatic rings. The summed E-state index contributed by atoms with van der Waals surface area (Å²) in [6.45, 7) is 7.68. The van der Waals surface area contributed by atoms with Gasteiger partial charge in [0.25, 0.3) is 0 Å². The second-order valence-corrected chi connectivity index (χ2v) is 2.93. The van der Waals surface area contributed by atoms with Gasteiger partial charge in [0, 0.05) is 5.56 Å². The van der Waals surface area contributed by atoms with Gasteiger partial charge in [0.2, 0.25) is 5.88 Å². The summed E-state index contributed by atoms with van der Waals surface area (Å²) in [4.78, 5) is 0. The summed E-state index contributed by atoms with van der Waals surface area (Å²) in [6.07, 6.45) is 7.62. The first-order chi connectivity index (χ1) is 6.66. The molecule has 0 aliphatic heterocycles. The standard InChI is InChI=1S/C11H14N2O/c1-4-5-6-7-8(2)10-9(3)11(12)14-13-10/h4-7H,2,12H2,1,3H3/b5-4-,7-6-. The second-order valence-electron chi connectivity index (χ2n) is 2.93. The molecule has 1 heterocycles. The van der Waals surface area contributed by atoms with Crippen molar-refractivity contribution in [1.82, 2.24) is 5.16 Å². The molecule has 74 valence electrons. The maximum absolute atomic E-state index is 5.52. The van der Waals surface area contributed by atoms with E-state index in [0.717, 1.165) is 11.1 Å². The smallest absolute Gasteiger partial charge is 0.225 e. The summed E-state index contributed by atoms with van der Waals surface area (Å²) >= 11 is 0. The number of allylic oxidation sites excluding steroid dienone is 5. The van der Waals surface area contributed by atoms with Crippen molar-refractivity contribution in [3.8, 4) is 0 Å². The molecule has 1 aromatic rings. The highest BCUT2D eigenvalue weighted by Crippen LogP contribution is 2.21. The largest absolute Gasteiger partial charge is 0.367 e. The molecule has 1 aromatic heterocycles. The van der Waals surface area contributed by atoms with Gasteiger partial charge in [-0.3, -0.25) is 0 Å². The molecule has 0 radical (unpaired) electrons. The van der Waals surface area contributed by atoms with Crippen LogP contribution in [0.5, 0.6) is 0 Å². The third kappa shape index (κ3) is 2.13. The van der Waals surface area contributed by atoms with Crippen LogP contribution in [0.3, 0.4) is 0 Å². The molecule has 3 nitrogen and oxygen atoms in total. The van der Waals surface area contributed by atoms with Crippen LogP contribution in [0.4, 0.5) is 5.88 Å². The van der Waals surface area contributed by atoms with Crippen LogP contribution in [0.15, 0.2) is 35.4 Å². The third-order valence-electron chi connectivity index (χ3n) is 1.87. The fourth-order valence-electron chi connectivity index (χ4n) is 1.01. The average molecular weight is 190 g/mol. The summed E-state index contributed by atoms with van der Waals surface area (Å²) in [6, 6.07) is 0. The number of aromatic nitrogens is 1. The van der Waals surface area contributed by atoms with Crippen molar-refractivity contribution in [3.63, 3.8) is 0 Å². The highest BCUT2D eigenvalue weighted by Gasteiger charge is 2.09. The Balaban J connectivity index is 2.85. The number of anilines is 1. The highest BCUT2D eigenvalue weighted by molar-refractivity contribution is 5.73. The lowest BCUT2D eigenvalue weighted by molar-refractivity contribution is 0.434. The molecule has 0 unspecified atom stereocenters. The van der Waals surface area contributed by atoms with Gasteiger partial charge < -0.3 is 10.3 Å². The Morgan fingerprint density at radius 3 is 2.71 bits per heavy atom. The number of hydrogen-bond acceptors (Lipinski definition) is 3. The monoisotopic (exact) mass is 190 g/mol. The second kappa shape index (κ2) is 4.46. The number of nitrogens with two attached hydrogens (primary N) is 1. The molecule has 0 saturated carbocycles. The van der Waals surface area contributed by atoms with E-state index in [4.69, 9.17) is 10.3 Å². The lowest BCUT2D eigenvalue weighted by Gasteiger charge is -1.93. The van der Waals surface area contributed by atoms with E-state index in [1.54, 1.807) is 0 Å². The number of rotatable bonds is 3. The summed E-state index contributed by atoms with van der Waals surface area (Å²) < 4.78 is 4.84. The Morgan fingerprint density at radius 2 is 2.21 bits per heavy atom. The van der Waals surface area contributed by atoms with E-state index in [2.05, 4.69) is 11.7 Å². The molecule has 1 rings (SSSR count). The third-order valence-corrected chi connectivity index (χ3v) is 1.87. The van der Waals surface area contributed by atoms with Crippen molar-refractivity contribution in [2.45, 2.75) is 13.8 Å². The molecule has 0 saturated heterocycles. The van der Waals surface area contributed by atoms with E-state index in [-0.39, 0.29) is 0 Å². The van der Waals surface area contributed by atoms with Gasteiger partial charge >= 0.3 is 0 Å². The van der Waals surface area contributed by atoms with Crippen LogP contribution in [0, 0.1) is 6.92 Å². The molecule has 14 heavy (non-hydrogen) atoms. The average Bonchev–Trinajstić information content (AvgIpc) is 2.48. The Hall–Kier alpha value is -1.77. The molecule has 0 amide bonds. The normalized spacial score (nSPS) is 11.6. The van der Waals surface area contributed by atoms with Crippen LogP contribution in [0.2, 0.25) is 0 Å². The molecular formula is C11H14N2O. The van der Waals surface area contributed by atoms with E-state index in [1.807, 2.05) is 38.2 Å². The van der Waals surface area contributed by atoms with Crippen molar-refractivity contribution in [2.24, 2.45) is 0 Å². The molecule has 0 aromatic carbocycles. The SMILES string of the molecule is C=C(/C=C\C=C/C)c1noc(N)c1C. The van der Waals surface area contributed by atoms with E-state index >= 15 is 0 Å². The molecule has 0 atom stereocenters. The quantitative estimate of drug-likeness (QED) is 0.745. The van der Waals surface area contributed by atoms with Crippen molar-refractivity contribution in [2.75, 3.05) is 5.73 Å². The predicted octanol–water partition coefficient (Wildman–Crippen LogP) is 2.71. The Morgan fingerprint density at radius 1 is 1.50 bits per heavy atom.